The van der Waals surface area contributed by atoms with Crippen molar-refractivity contribution >= 4 is 11.6 Å². The van der Waals surface area contributed by atoms with E-state index in [0.29, 0.717) is 35.0 Å². The molecular weight excluding hydrogens is 291 g/mol. The number of ether oxygens (including phenoxy) is 1. The number of rotatable bonds is 5. The van der Waals surface area contributed by atoms with Crippen molar-refractivity contribution in [3.8, 4) is 11.8 Å². The highest BCUT2D eigenvalue weighted by molar-refractivity contribution is 6.31. The second-order valence-corrected chi connectivity index (χ2v) is 4.84. The van der Waals surface area contributed by atoms with Gasteiger partial charge in [0.1, 0.15) is 11.6 Å². The first kappa shape index (κ1) is 15.3. The lowest BCUT2D eigenvalue weighted by Crippen LogP contribution is -2.15. The van der Waals surface area contributed by atoms with Crippen LogP contribution in [-0.2, 0) is 13.1 Å². The fourth-order valence-corrected chi connectivity index (χ4v) is 2.27. The fourth-order valence-electron chi connectivity index (χ4n) is 2.04. The van der Waals surface area contributed by atoms with Crippen LogP contribution < -0.4 is 10.1 Å². The minimum Gasteiger partial charge on any atom is -0.496 e. The van der Waals surface area contributed by atoms with Gasteiger partial charge in [0, 0.05) is 23.7 Å². The Morgan fingerprint density at radius 2 is 2.10 bits per heavy atom. The van der Waals surface area contributed by atoms with Crippen LogP contribution in [0.5, 0.6) is 5.75 Å². The van der Waals surface area contributed by atoms with Gasteiger partial charge in [-0.2, -0.15) is 5.26 Å². The molecule has 1 N–H and O–H groups in total. The minimum atomic E-state index is -0.360. The van der Waals surface area contributed by atoms with E-state index in [9.17, 15) is 4.39 Å². The number of methoxy groups -OCH3 is 1. The Labute approximate surface area is 127 Å². The summed E-state index contributed by atoms with van der Waals surface area (Å²) < 4.78 is 18.5. The summed E-state index contributed by atoms with van der Waals surface area (Å²) in [5.41, 5.74) is 1.90. The van der Waals surface area contributed by atoms with Gasteiger partial charge in [0.05, 0.1) is 18.7 Å². The van der Waals surface area contributed by atoms with E-state index in [1.165, 1.54) is 18.2 Å². The Morgan fingerprint density at radius 1 is 1.29 bits per heavy atom. The summed E-state index contributed by atoms with van der Waals surface area (Å²) in [4.78, 5) is 0. The largest absolute Gasteiger partial charge is 0.496 e. The van der Waals surface area contributed by atoms with E-state index >= 15 is 0 Å². The van der Waals surface area contributed by atoms with Crippen LogP contribution in [0.3, 0.4) is 0 Å². The molecule has 0 radical (unpaired) electrons. The number of hydrogen-bond donors (Lipinski definition) is 1. The first-order chi connectivity index (χ1) is 10.2. The molecule has 0 aliphatic rings. The van der Waals surface area contributed by atoms with E-state index in [1.54, 1.807) is 13.2 Å². The first-order valence-electron chi connectivity index (χ1n) is 6.36. The van der Waals surface area contributed by atoms with Crippen LogP contribution in [0.15, 0.2) is 36.4 Å². The van der Waals surface area contributed by atoms with E-state index in [1.807, 2.05) is 18.2 Å². The molecule has 108 valence electrons. The summed E-state index contributed by atoms with van der Waals surface area (Å²) in [6, 6.07) is 11.6. The lowest BCUT2D eigenvalue weighted by Gasteiger charge is -2.12. The molecule has 3 nitrogen and oxygen atoms in total. The highest BCUT2D eigenvalue weighted by atomic mass is 35.5. The number of benzene rings is 2. The maximum atomic E-state index is 13.2. The highest BCUT2D eigenvalue weighted by Crippen LogP contribution is 2.26. The molecule has 0 fully saturated rings. The fraction of sp³-hybridized carbons (Fsp3) is 0.188. The predicted octanol–water partition coefficient (Wildman–Crippen LogP) is 3.65. The molecule has 0 aliphatic heterocycles. The Kier molecular flexibility index (Phi) is 5.15. The third-order valence-corrected chi connectivity index (χ3v) is 3.45. The number of nitrogens with zero attached hydrogens (tertiary/aromatic N) is 1. The second kappa shape index (κ2) is 7.07. The van der Waals surface area contributed by atoms with Crippen molar-refractivity contribution in [1.82, 2.24) is 5.32 Å². The molecule has 2 rings (SSSR count). The number of hydrogen-bond acceptors (Lipinski definition) is 3. The minimum absolute atomic E-state index is 0.360. The van der Waals surface area contributed by atoms with Crippen LogP contribution in [-0.4, -0.2) is 7.11 Å². The van der Waals surface area contributed by atoms with Gasteiger partial charge in [-0.15, -0.1) is 0 Å². The zero-order valence-corrected chi connectivity index (χ0v) is 12.2. The van der Waals surface area contributed by atoms with E-state index in [2.05, 4.69) is 5.32 Å². The van der Waals surface area contributed by atoms with Crippen LogP contribution in [0, 0.1) is 17.1 Å². The van der Waals surface area contributed by atoms with Crippen LogP contribution in [0.25, 0.3) is 0 Å². The van der Waals surface area contributed by atoms with Gasteiger partial charge >= 0.3 is 0 Å². The number of nitrogens with one attached hydrogen (secondary N) is 1. The van der Waals surface area contributed by atoms with Crippen molar-refractivity contribution in [2.45, 2.75) is 13.1 Å². The van der Waals surface area contributed by atoms with Gasteiger partial charge < -0.3 is 10.1 Å². The molecule has 2 aromatic rings. The van der Waals surface area contributed by atoms with Crippen molar-refractivity contribution in [2.24, 2.45) is 0 Å². The number of nitriles is 1. The maximum absolute atomic E-state index is 13.2. The van der Waals surface area contributed by atoms with Crippen molar-refractivity contribution < 1.29 is 9.13 Å². The third kappa shape index (κ3) is 3.72. The highest BCUT2D eigenvalue weighted by Gasteiger charge is 2.08. The molecule has 5 heteroatoms. The summed E-state index contributed by atoms with van der Waals surface area (Å²) in [5.74, 6) is 0.330. The van der Waals surface area contributed by atoms with Crippen LogP contribution in [0.1, 0.15) is 16.7 Å². The maximum Gasteiger partial charge on any atom is 0.124 e. The average molecular weight is 305 g/mol. The topological polar surface area (TPSA) is 45.0 Å². The number of halogens is 2. The summed E-state index contributed by atoms with van der Waals surface area (Å²) >= 11 is 6.14. The lowest BCUT2D eigenvalue weighted by molar-refractivity contribution is 0.407. The predicted molar refractivity (Wildman–Crippen MR) is 79.7 cm³/mol. The SMILES string of the molecule is COc1cccc(Cl)c1CNCc1cc(F)ccc1C#N. The van der Waals surface area contributed by atoms with Gasteiger partial charge in [0.2, 0.25) is 0 Å². The van der Waals surface area contributed by atoms with Gasteiger partial charge in [-0.05, 0) is 35.9 Å². The molecule has 0 spiro atoms. The molecule has 0 bridgehead atoms. The van der Waals surface area contributed by atoms with E-state index < -0.39 is 0 Å². The molecule has 0 amide bonds. The van der Waals surface area contributed by atoms with Gasteiger partial charge in [-0.25, -0.2) is 4.39 Å². The monoisotopic (exact) mass is 304 g/mol. The average Bonchev–Trinajstić information content (AvgIpc) is 2.49. The molecule has 2 aromatic carbocycles. The summed E-state index contributed by atoms with van der Waals surface area (Å²) in [6.45, 7) is 0.833. The molecule has 0 saturated carbocycles. The molecule has 0 unspecified atom stereocenters. The summed E-state index contributed by atoms with van der Waals surface area (Å²) in [7, 11) is 1.58. The second-order valence-electron chi connectivity index (χ2n) is 4.44. The summed E-state index contributed by atoms with van der Waals surface area (Å²) in [5, 5.41) is 12.8. The Morgan fingerprint density at radius 3 is 2.81 bits per heavy atom. The summed E-state index contributed by atoms with van der Waals surface area (Å²) in [6.07, 6.45) is 0. The van der Waals surface area contributed by atoms with Crippen molar-refractivity contribution in [3.63, 3.8) is 0 Å². The molecular formula is C16H14ClFN2O. The van der Waals surface area contributed by atoms with Crippen molar-refractivity contribution in [2.75, 3.05) is 7.11 Å². The van der Waals surface area contributed by atoms with Crippen molar-refractivity contribution in [1.29, 1.82) is 5.26 Å². The Bertz CT molecular complexity index is 682. The smallest absolute Gasteiger partial charge is 0.124 e. The van der Waals surface area contributed by atoms with Gasteiger partial charge in [-0.3, -0.25) is 0 Å². The third-order valence-electron chi connectivity index (χ3n) is 3.10. The lowest BCUT2D eigenvalue weighted by atomic mass is 10.1. The van der Waals surface area contributed by atoms with Crippen LogP contribution in [0.4, 0.5) is 4.39 Å². The molecule has 0 aliphatic carbocycles. The molecule has 0 atom stereocenters. The Balaban J connectivity index is 2.09. The van der Waals surface area contributed by atoms with E-state index in [4.69, 9.17) is 21.6 Å². The molecule has 0 saturated heterocycles. The molecule has 0 aromatic heterocycles. The molecule has 21 heavy (non-hydrogen) atoms. The standard InChI is InChI=1S/C16H14ClFN2O/c1-21-16-4-2-3-15(17)14(16)10-20-9-12-7-13(18)6-5-11(12)8-19/h2-7,20H,9-10H2,1H3. The van der Waals surface area contributed by atoms with Crippen LogP contribution in [0.2, 0.25) is 5.02 Å². The molecule has 0 heterocycles. The van der Waals surface area contributed by atoms with Gasteiger partial charge in [-0.1, -0.05) is 17.7 Å². The Hall–Kier alpha value is -2.09. The van der Waals surface area contributed by atoms with Crippen LogP contribution >= 0.6 is 11.6 Å². The quantitative estimate of drug-likeness (QED) is 0.917. The van der Waals surface area contributed by atoms with E-state index in [-0.39, 0.29) is 5.82 Å². The van der Waals surface area contributed by atoms with Gasteiger partial charge in [0.25, 0.3) is 0 Å². The van der Waals surface area contributed by atoms with E-state index in [0.717, 1.165) is 5.56 Å². The normalized spacial score (nSPS) is 10.2. The van der Waals surface area contributed by atoms with Gasteiger partial charge in [0.15, 0.2) is 0 Å². The first-order valence-corrected chi connectivity index (χ1v) is 6.74. The zero-order chi connectivity index (χ0) is 15.2. The van der Waals surface area contributed by atoms with Crippen molar-refractivity contribution in [3.05, 3.63) is 63.9 Å². The zero-order valence-electron chi connectivity index (χ0n) is 11.5.